The second-order valence-electron chi connectivity index (χ2n) is 9.37. The fourth-order valence-electron chi connectivity index (χ4n) is 4.93. The van der Waals surface area contributed by atoms with Gasteiger partial charge in [0, 0.05) is 12.7 Å². The molecule has 4 atom stereocenters. The number of fused-ring (bicyclic) bond motifs is 2. The molecule has 39 heavy (non-hydrogen) atoms. The van der Waals surface area contributed by atoms with Crippen molar-refractivity contribution < 1.29 is 23.4 Å². The zero-order valence-electron chi connectivity index (χ0n) is 21.1. The van der Waals surface area contributed by atoms with E-state index in [1.54, 1.807) is 28.8 Å². The molecule has 0 unspecified atom stereocenters. The number of hydrogen-bond acceptors (Lipinski definition) is 7. The second-order valence-corrected chi connectivity index (χ2v) is 9.70. The van der Waals surface area contributed by atoms with Crippen LogP contribution in [0.5, 0.6) is 0 Å². The van der Waals surface area contributed by atoms with Gasteiger partial charge in [-0.05, 0) is 41.4 Å². The summed E-state index contributed by atoms with van der Waals surface area (Å²) in [6.45, 7) is 1.64. The van der Waals surface area contributed by atoms with Crippen molar-refractivity contribution in [3.8, 4) is 11.3 Å². The molecule has 6 rings (SSSR count). The molecule has 0 aliphatic carbocycles. The predicted octanol–water partition coefficient (Wildman–Crippen LogP) is 5.72. The molecule has 0 N–H and O–H groups in total. The summed E-state index contributed by atoms with van der Waals surface area (Å²) in [5.41, 5.74) is 3.64. The number of hydrogen-bond donors (Lipinski definition) is 0. The number of halogens is 2. The van der Waals surface area contributed by atoms with Gasteiger partial charge in [0.15, 0.2) is 18.0 Å². The highest BCUT2D eigenvalue weighted by molar-refractivity contribution is 6.28. The quantitative estimate of drug-likeness (QED) is 0.199. The number of nitrogens with zero attached hydrogens (tertiary/aromatic N) is 4. The van der Waals surface area contributed by atoms with Crippen LogP contribution in [-0.2, 0) is 14.2 Å². The number of carbonyl (C=O) groups excluding carboxylic acids is 1. The average molecular weight is 547 g/mol. The molecule has 0 saturated carbocycles. The molecule has 0 spiro atoms. The van der Waals surface area contributed by atoms with Gasteiger partial charge in [0.25, 0.3) is 0 Å². The third kappa shape index (κ3) is 4.63. The third-order valence-corrected chi connectivity index (χ3v) is 7.08. The van der Waals surface area contributed by atoms with Crippen molar-refractivity contribution in [1.29, 1.82) is 0 Å². The summed E-state index contributed by atoms with van der Waals surface area (Å²) in [5.74, 6) is -0.560. The van der Waals surface area contributed by atoms with E-state index in [0.29, 0.717) is 22.4 Å². The van der Waals surface area contributed by atoms with Crippen LogP contribution in [0.1, 0.15) is 22.1 Å². The van der Waals surface area contributed by atoms with E-state index in [9.17, 15) is 4.79 Å². The van der Waals surface area contributed by atoms with Gasteiger partial charge in [-0.3, -0.25) is 4.57 Å². The van der Waals surface area contributed by atoms with Gasteiger partial charge < -0.3 is 14.2 Å². The molecule has 3 aromatic carbocycles. The largest absolute Gasteiger partial charge is 0.459 e. The first kappa shape index (κ1) is 25.4. The molecule has 1 fully saturated rings. The van der Waals surface area contributed by atoms with Crippen LogP contribution < -0.4 is 0 Å². The topological polar surface area (TPSA) is 88.4 Å². The number of carbonyl (C=O) groups is 1. The summed E-state index contributed by atoms with van der Waals surface area (Å²) in [6, 6.07) is 20.8. The van der Waals surface area contributed by atoms with Crippen molar-refractivity contribution in [2.24, 2.45) is 0 Å². The lowest BCUT2D eigenvalue weighted by Gasteiger charge is -2.19. The number of benzene rings is 3. The van der Waals surface area contributed by atoms with Crippen molar-refractivity contribution >= 4 is 39.5 Å². The number of methoxy groups -OCH3 is 1. The van der Waals surface area contributed by atoms with E-state index in [2.05, 4.69) is 15.0 Å². The van der Waals surface area contributed by atoms with Crippen LogP contribution in [0.3, 0.4) is 0 Å². The molecular weight excluding hydrogens is 523 g/mol. The molecule has 0 bridgehead atoms. The van der Waals surface area contributed by atoms with Crippen molar-refractivity contribution in [2.45, 2.75) is 31.5 Å². The number of esters is 1. The average Bonchev–Trinajstić information content (AvgIpc) is 3.51. The van der Waals surface area contributed by atoms with Gasteiger partial charge >= 0.3 is 5.97 Å². The van der Waals surface area contributed by atoms with Crippen molar-refractivity contribution in [3.05, 3.63) is 89.5 Å². The maximum atomic E-state index is 15.5. The molecule has 0 amide bonds. The first-order chi connectivity index (χ1) is 18.9. The number of ether oxygens (including phenoxy) is 3. The molecular formula is C29H24ClFN4O4. The molecule has 1 saturated heterocycles. The molecule has 0 radical (unpaired) electrons. The Morgan fingerprint density at radius 1 is 1.08 bits per heavy atom. The normalized spacial score (nSPS) is 21.0. The Hall–Kier alpha value is -3.92. The molecule has 2 aromatic heterocycles. The van der Waals surface area contributed by atoms with Gasteiger partial charge in [0.1, 0.15) is 30.0 Å². The summed E-state index contributed by atoms with van der Waals surface area (Å²) >= 11 is 6.37. The van der Waals surface area contributed by atoms with Crippen LogP contribution in [0.25, 0.3) is 33.2 Å². The van der Waals surface area contributed by atoms with E-state index in [1.165, 1.54) is 13.4 Å². The number of aryl methyl sites for hydroxylation is 1. The van der Waals surface area contributed by atoms with Gasteiger partial charge in [-0.25, -0.2) is 19.2 Å². The van der Waals surface area contributed by atoms with E-state index in [0.717, 1.165) is 21.9 Å². The number of aromatic nitrogens is 4. The molecule has 5 aromatic rings. The molecule has 1 aliphatic heterocycles. The van der Waals surface area contributed by atoms with Gasteiger partial charge in [-0.1, -0.05) is 60.2 Å². The van der Waals surface area contributed by atoms with Crippen LogP contribution in [0.4, 0.5) is 4.39 Å². The molecule has 10 heteroatoms. The van der Waals surface area contributed by atoms with Gasteiger partial charge in [0.2, 0.25) is 5.28 Å². The van der Waals surface area contributed by atoms with Crippen LogP contribution >= 0.6 is 11.6 Å². The van der Waals surface area contributed by atoms with Crippen molar-refractivity contribution in [3.63, 3.8) is 0 Å². The van der Waals surface area contributed by atoms with Gasteiger partial charge in [-0.15, -0.1) is 0 Å². The first-order valence-corrected chi connectivity index (χ1v) is 12.8. The van der Waals surface area contributed by atoms with Gasteiger partial charge in [-0.2, -0.15) is 4.98 Å². The summed E-state index contributed by atoms with van der Waals surface area (Å²) in [7, 11) is 1.40. The minimum Gasteiger partial charge on any atom is -0.459 e. The highest BCUT2D eigenvalue weighted by atomic mass is 35.5. The summed E-state index contributed by atoms with van der Waals surface area (Å²) < 4.78 is 33.9. The van der Waals surface area contributed by atoms with E-state index in [4.69, 9.17) is 25.8 Å². The standard InChI is InChI=1S/C29H24ClFN4O4/c1-16-10-12-18(13-11-16)28(36)38-14-21-22(31)25(37-2)27(39-21)35-15-32-24-23(33-29(30)34-26(24)35)20-9-5-7-17-6-3-4-8-19(17)20/h3-13,15,21-22,25,27H,14H2,1-2H3/t21-,22-,25-,27-/m1/s1. The lowest BCUT2D eigenvalue weighted by Crippen LogP contribution is -2.32. The predicted molar refractivity (Wildman–Crippen MR) is 144 cm³/mol. The maximum Gasteiger partial charge on any atom is 0.338 e. The lowest BCUT2D eigenvalue weighted by atomic mass is 10.0. The minimum atomic E-state index is -1.57. The Balaban J connectivity index is 1.31. The molecule has 1 aliphatic rings. The SMILES string of the molecule is CO[C@@H]1[C@H](F)[C@@H](COC(=O)c2ccc(C)cc2)O[C@H]1n1cnc2c(-c3cccc4ccccc34)nc(Cl)nc21. The fourth-order valence-corrected chi connectivity index (χ4v) is 5.09. The number of alkyl halides is 1. The van der Waals surface area contributed by atoms with E-state index in [-0.39, 0.29) is 11.9 Å². The van der Waals surface area contributed by atoms with Crippen LogP contribution in [-0.4, -0.2) is 57.6 Å². The Morgan fingerprint density at radius 3 is 2.64 bits per heavy atom. The smallest absolute Gasteiger partial charge is 0.338 e. The second kappa shape index (κ2) is 10.3. The van der Waals surface area contributed by atoms with Crippen LogP contribution in [0.2, 0.25) is 5.28 Å². The molecule has 3 heterocycles. The van der Waals surface area contributed by atoms with E-state index >= 15 is 4.39 Å². The maximum absolute atomic E-state index is 15.5. The lowest BCUT2D eigenvalue weighted by molar-refractivity contribution is -0.0616. The number of rotatable bonds is 6. The minimum absolute atomic E-state index is 0.0134. The van der Waals surface area contributed by atoms with E-state index < -0.39 is 30.6 Å². The third-order valence-electron chi connectivity index (χ3n) is 6.92. The summed E-state index contributed by atoms with van der Waals surface area (Å²) in [5, 5.41) is 2.04. The summed E-state index contributed by atoms with van der Waals surface area (Å²) in [4.78, 5) is 25.9. The van der Waals surface area contributed by atoms with Crippen molar-refractivity contribution in [2.75, 3.05) is 13.7 Å². The Bertz CT molecular complexity index is 1670. The van der Waals surface area contributed by atoms with Crippen LogP contribution in [0, 0.1) is 6.92 Å². The number of imidazole rings is 1. The zero-order chi connectivity index (χ0) is 27.1. The zero-order valence-corrected chi connectivity index (χ0v) is 21.9. The van der Waals surface area contributed by atoms with Crippen LogP contribution in [0.15, 0.2) is 73.1 Å². The van der Waals surface area contributed by atoms with Gasteiger partial charge in [0.05, 0.1) is 11.9 Å². The van der Waals surface area contributed by atoms with E-state index in [1.807, 2.05) is 49.4 Å². The highest BCUT2D eigenvalue weighted by Gasteiger charge is 2.47. The Labute approximate surface area is 228 Å². The molecule has 8 nitrogen and oxygen atoms in total. The fraction of sp³-hybridized carbons (Fsp3) is 0.241. The summed E-state index contributed by atoms with van der Waals surface area (Å²) in [6.07, 6.45) is -3.04. The van der Waals surface area contributed by atoms with Crippen molar-refractivity contribution in [1.82, 2.24) is 19.5 Å². The first-order valence-electron chi connectivity index (χ1n) is 12.4. The molecule has 198 valence electrons. The monoisotopic (exact) mass is 546 g/mol. The Kier molecular flexibility index (Phi) is 6.72. The highest BCUT2D eigenvalue weighted by Crippen LogP contribution is 2.38. The Morgan fingerprint density at radius 2 is 1.85 bits per heavy atom.